The van der Waals surface area contributed by atoms with Crippen molar-refractivity contribution in [2.45, 2.75) is 24.0 Å². The summed E-state index contributed by atoms with van der Waals surface area (Å²) >= 11 is 0. The van der Waals surface area contributed by atoms with Crippen LogP contribution in [0.15, 0.2) is 47.8 Å². The number of nitrogens with one attached hydrogen (secondary N) is 1. The zero-order chi connectivity index (χ0) is 26.0. The fourth-order valence-electron chi connectivity index (χ4n) is 4.73. The molecule has 0 saturated carbocycles. The number of carbonyl (C=O) groups excluding carboxylic acids is 1. The first-order valence-electron chi connectivity index (χ1n) is 12.4. The number of nitrogens with zero attached hydrogens (tertiary/aromatic N) is 5. The lowest BCUT2D eigenvalue weighted by atomic mass is 10.1. The van der Waals surface area contributed by atoms with E-state index >= 15 is 0 Å². The molecule has 5 rings (SSSR count). The lowest BCUT2D eigenvalue weighted by Crippen LogP contribution is -2.54. The Bertz CT molecular complexity index is 1350. The van der Waals surface area contributed by atoms with Crippen molar-refractivity contribution in [2.24, 2.45) is 0 Å². The van der Waals surface area contributed by atoms with E-state index in [9.17, 15) is 13.2 Å². The van der Waals surface area contributed by atoms with Crippen molar-refractivity contribution in [3.05, 3.63) is 42.9 Å². The number of anilines is 1. The number of benzene rings is 1. The summed E-state index contributed by atoms with van der Waals surface area (Å²) in [6.07, 6.45) is 6.35. The Balaban J connectivity index is 1.29. The van der Waals surface area contributed by atoms with Crippen molar-refractivity contribution in [1.29, 1.82) is 0 Å². The van der Waals surface area contributed by atoms with E-state index < -0.39 is 15.9 Å². The molecule has 2 fully saturated rings. The minimum atomic E-state index is -3.31. The Morgan fingerprint density at radius 2 is 1.92 bits per heavy atom. The first kappa shape index (κ1) is 25.6. The molecule has 2 aliphatic rings. The summed E-state index contributed by atoms with van der Waals surface area (Å²) < 4.78 is 36.9. The second kappa shape index (κ2) is 10.7. The number of hydrogen-bond acceptors (Lipinski definition) is 9. The highest BCUT2D eigenvalue weighted by Crippen LogP contribution is 2.30. The molecule has 12 heteroatoms. The van der Waals surface area contributed by atoms with E-state index in [0.717, 1.165) is 25.2 Å². The predicted octanol–water partition coefficient (Wildman–Crippen LogP) is 1.16. The number of amides is 1. The fourth-order valence-corrected chi connectivity index (χ4v) is 5.36. The molecular weight excluding hydrogens is 496 g/mol. The molecule has 2 unspecified atom stereocenters. The van der Waals surface area contributed by atoms with Crippen LogP contribution in [0, 0.1) is 0 Å². The van der Waals surface area contributed by atoms with Crippen LogP contribution in [-0.4, -0.2) is 109 Å². The first-order valence-corrected chi connectivity index (χ1v) is 14.3. The van der Waals surface area contributed by atoms with Crippen LogP contribution in [-0.2, 0) is 24.1 Å². The van der Waals surface area contributed by atoms with Crippen LogP contribution in [0.2, 0.25) is 0 Å². The number of hydrogen-bond donors (Lipinski definition) is 1. The minimum Gasteiger partial charge on any atom is -0.376 e. The van der Waals surface area contributed by atoms with Crippen LogP contribution in [0.25, 0.3) is 16.9 Å². The summed E-state index contributed by atoms with van der Waals surface area (Å²) in [5.74, 6) is 0.665. The van der Waals surface area contributed by atoms with E-state index in [-0.39, 0.29) is 16.9 Å². The molecule has 37 heavy (non-hydrogen) atoms. The van der Waals surface area contributed by atoms with Gasteiger partial charge >= 0.3 is 0 Å². The largest absolute Gasteiger partial charge is 0.376 e. The number of carbonyl (C=O) groups is 1. The van der Waals surface area contributed by atoms with Crippen LogP contribution in [0.4, 0.5) is 5.82 Å². The van der Waals surface area contributed by atoms with Gasteiger partial charge in [-0.3, -0.25) is 19.1 Å². The number of rotatable bonds is 7. The van der Waals surface area contributed by atoms with Gasteiger partial charge in [-0.2, -0.15) is 0 Å². The molecule has 198 valence electrons. The van der Waals surface area contributed by atoms with Crippen LogP contribution in [0.5, 0.6) is 0 Å². The normalized spacial score (nSPS) is 20.2. The molecule has 0 spiro atoms. The van der Waals surface area contributed by atoms with Gasteiger partial charge in [0.05, 0.1) is 37.0 Å². The van der Waals surface area contributed by atoms with E-state index in [1.807, 2.05) is 16.2 Å². The number of ether oxygens (including phenoxy) is 2. The highest BCUT2D eigenvalue weighted by molar-refractivity contribution is 7.90. The molecule has 0 aliphatic carbocycles. The molecule has 0 radical (unpaired) electrons. The van der Waals surface area contributed by atoms with Gasteiger partial charge in [-0.1, -0.05) is 12.1 Å². The van der Waals surface area contributed by atoms with Crippen molar-refractivity contribution < 1.29 is 22.7 Å². The Hall–Kier alpha value is -3.06. The maximum absolute atomic E-state index is 13.4. The average Bonchev–Trinajstić information content (AvgIpc) is 3.27. The highest BCUT2D eigenvalue weighted by Gasteiger charge is 2.28. The van der Waals surface area contributed by atoms with E-state index in [1.165, 1.54) is 6.26 Å². The lowest BCUT2D eigenvalue weighted by molar-refractivity contribution is -0.134. The van der Waals surface area contributed by atoms with Gasteiger partial charge in [-0.25, -0.2) is 13.4 Å². The lowest BCUT2D eigenvalue weighted by Gasteiger charge is -2.38. The minimum absolute atomic E-state index is 0.0132. The second-order valence-electron chi connectivity index (χ2n) is 9.47. The SMILES string of the molecule is CC(Nc1c(-c2ccc(S(C)(=O)=O)cc2)nc2cnccn12)C(=O)N1CCN(CC2COCCO2)CC1. The zero-order valence-electron chi connectivity index (χ0n) is 21.0. The smallest absolute Gasteiger partial charge is 0.244 e. The van der Waals surface area contributed by atoms with Crippen molar-refractivity contribution in [2.75, 3.05) is 64.1 Å². The number of fused-ring (bicyclic) bond motifs is 1. The van der Waals surface area contributed by atoms with Gasteiger partial charge in [-0.15, -0.1) is 0 Å². The van der Waals surface area contributed by atoms with Crippen molar-refractivity contribution >= 4 is 27.2 Å². The third kappa shape index (κ3) is 5.77. The van der Waals surface area contributed by atoms with Gasteiger partial charge in [-0.05, 0) is 19.1 Å². The van der Waals surface area contributed by atoms with Crippen molar-refractivity contribution in [1.82, 2.24) is 24.2 Å². The molecule has 2 aromatic heterocycles. The summed E-state index contributed by atoms with van der Waals surface area (Å²) in [5, 5.41) is 3.36. The fraction of sp³-hybridized carbons (Fsp3) is 0.480. The Morgan fingerprint density at radius 3 is 2.59 bits per heavy atom. The highest BCUT2D eigenvalue weighted by atomic mass is 32.2. The molecule has 2 aliphatic heterocycles. The summed E-state index contributed by atoms with van der Waals surface area (Å²) in [6.45, 7) is 7.44. The molecule has 2 saturated heterocycles. The first-order chi connectivity index (χ1) is 17.8. The Kier molecular flexibility index (Phi) is 7.43. The summed E-state index contributed by atoms with van der Waals surface area (Å²) in [6, 6.07) is 6.08. The van der Waals surface area contributed by atoms with E-state index in [2.05, 4.69) is 15.2 Å². The van der Waals surface area contributed by atoms with E-state index in [1.54, 1.807) is 42.9 Å². The predicted molar refractivity (Wildman–Crippen MR) is 138 cm³/mol. The second-order valence-corrected chi connectivity index (χ2v) is 11.5. The average molecular weight is 529 g/mol. The Morgan fingerprint density at radius 1 is 1.16 bits per heavy atom. The van der Waals surface area contributed by atoms with E-state index in [4.69, 9.17) is 14.5 Å². The standard InChI is InChI=1S/C25H32N6O5S/c1-18(25(32)30-11-9-29(10-12-30)16-20-17-35-13-14-36-20)27-24-23(28-22-15-26-7-8-31(22)24)19-3-5-21(6-4-19)37(2,33)34/h3-8,15,18,20,27H,9-14,16-17H2,1-2H3. The maximum atomic E-state index is 13.4. The van der Waals surface area contributed by atoms with Gasteiger partial charge in [0.15, 0.2) is 15.5 Å². The molecule has 3 aromatic rings. The topological polar surface area (TPSA) is 118 Å². The van der Waals surface area contributed by atoms with Gasteiger partial charge in [0.1, 0.15) is 17.6 Å². The van der Waals surface area contributed by atoms with Crippen LogP contribution in [0.1, 0.15) is 6.92 Å². The zero-order valence-corrected chi connectivity index (χ0v) is 21.9. The number of imidazole rings is 1. The summed E-state index contributed by atoms with van der Waals surface area (Å²) in [4.78, 5) is 26.6. The van der Waals surface area contributed by atoms with Crippen LogP contribution in [0.3, 0.4) is 0 Å². The molecular formula is C25H32N6O5S. The molecule has 1 N–H and O–H groups in total. The maximum Gasteiger partial charge on any atom is 0.244 e. The number of piperazine rings is 1. The van der Waals surface area contributed by atoms with Gasteiger partial charge in [0.25, 0.3) is 0 Å². The quantitative estimate of drug-likeness (QED) is 0.482. The molecule has 4 heterocycles. The Labute approximate surface area is 216 Å². The molecule has 0 bridgehead atoms. The molecule has 1 aromatic carbocycles. The van der Waals surface area contributed by atoms with Gasteiger partial charge in [0, 0.05) is 56.9 Å². The number of aromatic nitrogens is 3. The monoisotopic (exact) mass is 528 g/mol. The molecule has 11 nitrogen and oxygen atoms in total. The van der Waals surface area contributed by atoms with Gasteiger partial charge < -0.3 is 19.7 Å². The summed E-state index contributed by atoms with van der Waals surface area (Å²) in [5.41, 5.74) is 1.97. The number of sulfone groups is 1. The van der Waals surface area contributed by atoms with Crippen LogP contribution >= 0.6 is 0 Å². The third-order valence-corrected chi connectivity index (χ3v) is 7.87. The van der Waals surface area contributed by atoms with Gasteiger partial charge in [0.2, 0.25) is 5.91 Å². The van der Waals surface area contributed by atoms with Crippen molar-refractivity contribution in [3.63, 3.8) is 0 Å². The van der Waals surface area contributed by atoms with Crippen LogP contribution < -0.4 is 5.32 Å². The van der Waals surface area contributed by atoms with E-state index in [0.29, 0.717) is 50.1 Å². The molecule has 2 atom stereocenters. The summed E-state index contributed by atoms with van der Waals surface area (Å²) in [7, 11) is -3.31. The third-order valence-electron chi connectivity index (χ3n) is 6.74. The molecule has 1 amide bonds. The van der Waals surface area contributed by atoms with Crippen molar-refractivity contribution in [3.8, 4) is 11.3 Å².